The van der Waals surface area contributed by atoms with Gasteiger partial charge in [-0.1, -0.05) is 0 Å². The van der Waals surface area contributed by atoms with Crippen LogP contribution in [-0.2, 0) is 0 Å². The van der Waals surface area contributed by atoms with Crippen LogP contribution in [0.1, 0.15) is 51.7 Å². The van der Waals surface area contributed by atoms with Crippen molar-refractivity contribution in [2.75, 3.05) is 0 Å². The van der Waals surface area contributed by atoms with Crippen molar-refractivity contribution >= 4 is 23.3 Å². The highest BCUT2D eigenvalue weighted by atomic mass is 32.1. The molecule has 1 aliphatic rings. The quantitative estimate of drug-likeness (QED) is 0.580. The molecule has 1 aliphatic carbocycles. The summed E-state index contributed by atoms with van der Waals surface area (Å²) in [6, 6.07) is 6.22. The summed E-state index contributed by atoms with van der Waals surface area (Å²) < 4.78 is 24.0. The highest BCUT2D eigenvalue weighted by molar-refractivity contribution is 7.06. The minimum Gasteiger partial charge on any atom is -0.484 e. The first-order valence-electron chi connectivity index (χ1n) is 8.95. The highest BCUT2D eigenvalue weighted by Crippen LogP contribution is 2.33. The van der Waals surface area contributed by atoms with Gasteiger partial charge in [0.1, 0.15) is 17.5 Å². The highest BCUT2D eigenvalue weighted by Gasteiger charge is 2.31. The molecule has 9 heteroatoms. The number of aromatic nitrogens is 3. The van der Waals surface area contributed by atoms with Crippen molar-refractivity contribution in [3.8, 4) is 17.0 Å². The van der Waals surface area contributed by atoms with Gasteiger partial charge >= 0.3 is 5.97 Å². The Balaban J connectivity index is 1.45. The van der Waals surface area contributed by atoms with Crippen LogP contribution in [0.15, 0.2) is 36.7 Å². The summed E-state index contributed by atoms with van der Waals surface area (Å²) >= 11 is 1.19. The topological polar surface area (TPSA) is 102 Å². The lowest BCUT2D eigenvalue weighted by Gasteiger charge is -2.12. The second-order valence-corrected chi connectivity index (χ2v) is 7.59. The third-order valence-electron chi connectivity index (χ3n) is 4.52. The lowest BCUT2D eigenvalue weighted by Crippen LogP contribution is -2.05. The molecule has 0 amide bonds. The van der Waals surface area contributed by atoms with Crippen molar-refractivity contribution in [1.82, 2.24) is 14.3 Å². The Morgan fingerprint density at radius 3 is 2.66 bits per heavy atom. The summed E-state index contributed by atoms with van der Waals surface area (Å²) in [7, 11) is 0. The first kappa shape index (κ1) is 19.1. The summed E-state index contributed by atoms with van der Waals surface area (Å²) in [5.41, 5.74) is 0.683. The van der Waals surface area contributed by atoms with Crippen molar-refractivity contribution in [2.24, 2.45) is 5.92 Å². The van der Waals surface area contributed by atoms with Crippen LogP contribution in [0.4, 0.5) is 4.39 Å². The minimum atomic E-state index is -1.42. The van der Waals surface area contributed by atoms with Crippen LogP contribution in [0.2, 0.25) is 0 Å². The molecule has 3 aromatic rings. The molecule has 0 spiro atoms. The van der Waals surface area contributed by atoms with Crippen molar-refractivity contribution in [3.63, 3.8) is 0 Å². The lowest BCUT2D eigenvalue weighted by atomic mass is 10.1. The molecule has 0 bridgehead atoms. The predicted octanol–water partition coefficient (Wildman–Crippen LogP) is 4.17. The van der Waals surface area contributed by atoms with Crippen molar-refractivity contribution in [1.29, 1.82) is 0 Å². The third-order valence-corrected chi connectivity index (χ3v) is 5.47. The van der Waals surface area contributed by atoms with Gasteiger partial charge in [0, 0.05) is 17.7 Å². The molecule has 0 aromatic carbocycles. The number of carboxylic acid groups (broad SMARTS) is 1. The van der Waals surface area contributed by atoms with Gasteiger partial charge in [0.05, 0.1) is 16.8 Å². The zero-order chi connectivity index (χ0) is 20.5. The standard InChI is InChI=1S/C20H16FN3O4S/c1-10(28-13-4-5-15(22-9-13)19(25)11-2-3-11)17-7-16(24-29-17)12-6-14(21)18(20(26)27)23-8-12/h4-11H,2-3H2,1H3,(H,26,27)/t10-/m1/s1. The Bertz CT molecular complexity index is 1080. The first-order valence-corrected chi connectivity index (χ1v) is 9.72. The molecule has 4 rings (SSSR count). The molecule has 3 aromatic heterocycles. The lowest BCUT2D eigenvalue weighted by molar-refractivity contribution is 0.0684. The van der Waals surface area contributed by atoms with Crippen LogP contribution < -0.4 is 4.74 Å². The number of pyridine rings is 2. The number of halogens is 1. The number of carboxylic acids is 1. The van der Waals surface area contributed by atoms with E-state index < -0.39 is 17.5 Å². The number of ketones is 1. The van der Waals surface area contributed by atoms with E-state index in [-0.39, 0.29) is 17.8 Å². The number of rotatable bonds is 7. The van der Waals surface area contributed by atoms with Gasteiger partial charge in [0.15, 0.2) is 17.3 Å². The summed E-state index contributed by atoms with van der Waals surface area (Å²) in [4.78, 5) is 31.5. The normalized spacial score (nSPS) is 14.4. The maximum absolute atomic E-state index is 13.9. The van der Waals surface area contributed by atoms with Gasteiger partial charge in [-0.25, -0.2) is 19.2 Å². The van der Waals surface area contributed by atoms with Gasteiger partial charge in [-0.05, 0) is 55.6 Å². The molecule has 3 heterocycles. The largest absolute Gasteiger partial charge is 0.484 e. The summed E-state index contributed by atoms with van der Waals surface area (Å²) in [5, 5.41) is 8.87. The number of hydrogen-bond acceptors (Lipinski definition) is 7. The number of nitrogens with zero attached hydrogens (tertiary/aromatic N) is 3. The maximum atomic E-state index is 13.9. The van der Waals surface area contributed by atoms with Crippen molar-refractivity contribution < 1.29 is 23.8 Å². The molecule has 0 unspecified atom stereocenters. The maximum Gasteiger partial charge on any atom is 0.357 e. The molecule has 0 aliphatic heterocycles. The smallest absolute Gasteiger partial charge is 0.357 e. The molecule has 1 N–H and O–H groups in total. The van der Waals surface area contributed by atoms with Crippen LogP contribution in [0.5, 0.6) is 5.75 Å². The van der Waals surface area contributed by atoms with Gasteiger partial charge in [-0.3, -0.25) is 4.79 Å². The molecule has 0 radical (unpaired) electrons. The molecule has 1 saturated carbocycles. The molecular weight excluding hydrogens is 397 g/mol. The Kier molecular flexibility index (Phi) is 5.06. The monoisotopic (exact) mass is 413 g/mol. The fourth-order valence-electron chi connectivity index (χ4n) is 2.76. The SMILES string of the molecule is C[C@@H](Oc1ccc(C(=O)C2CC2)nc1)c1cc(-c2cnc(C(=O)O)c(F)c2)ns1. The summed E-state index contributed by atoms with van der Waals surface area (Å²) in [5.74, 6) is -1.62. The summed E-state index contributed by atoms with van der Waals surface area (Å²) in [6.07, 6.45) is 4.32. The van der Waals surface area contributed by atoms with Crippen molar-refractivity contribution in [2.45, 2.75) is 25.9 Å². The fraction of sp³-hybridized carbons (Fsp3) is 0.250. The number of carbonyl (C=O) groups excluding carboxylic acids is 1. The van der Waals surface area contributed by atoms with Gasteiger partial charge in [-0.15, -0.1) is 0 Å². The first-order chi connectivity index (χ1) is 13.9. The number of ether oxygens (including phenoxy) is 1. The van der Waals surface area contributed by atoms with E-state index in [2.05, 4.69) is 14.3 Å². The number of Topliss-reactive ketones (excluding diaryl/α,β-unsaturated/α-hetero) is 1. The Labute approximate surface area is 169 Å². The van der Waals surface area contributed by atoms with E-state index in [1.807, 2.05) is 6.92 Å². The number of aromatic carboxylic acids is 1. The minimum absolute atomic E-state index is 0.0754. The third kappa shape index (κ3) is 4.14. The van der Waals surface area contributed by atoms with E-state index >= 15 is 0 Å². The number of carbonyl (C=O) groups is 2. The fourth-order valence-corrected chi connectivity index (χ4v) is 3.49. The van der Waals surface area contributed by atoms with Gasteiger partial charge in [-0.2, -0.15) is 4.37 Å². The average molecular weight is 413 g/mol. The van der Waals surface area contributed by atoms with Crippen LogP contribution in [0, 0.1) is 11.7 Å². The van der Waals surface area contributed by atoms with Crippen LogP contribution >= 0.6 is 11.5 Å². The van der Waals surface area contributed by atoms with Crippen molar-refractivity contribution in [3.05, 3.63) is 58.7 Å². The van der Waals surface area contributed by atoms with Gasteiger partial charge in [0.25, 0.3) is 0 Å². The van der Waals surface area contributed by atoms with Crippen LogP contribution in [0.3, 0.4) is 0 Å². The zero-order valence-electron chi connectivity index (χ0n) is 15.3. The van der Waals surface area contributed by atoms with Crippen LogP contribution in [-0.4, -0.2) is 31.2 Å². The van der Waals surface area contributed by atoms with E-state index in [4.69, 9.17) is 9.84 Å². The van der Waals surface area contributed by atoms with E-state index in [1.165, 1.54) is 23.9 Å². The average Bonchev–Trinajstić information content (AvgIpc) is 3.43. The number of hydrogen-bond donors (Lipinski definition) is 1. The molecule has 29 heavy (non-hydrogen) atoms. The van der Waals surface area contributed by atoms with E-state index in [9.17, 15) is 14.0 Å². The van der Waals surface area contributed by atoms with Gasteiger partial charge < -0.3 is 9.84 Å². The summed E-state index contributed by atoms with van der Waals surface area (Å²) in [6.45, 7) is 1.84. The van der Waals surface area contributed by atoms with E-state index in [1.54, 1.807) is 18.2 Å². The zero-order valence-corrected chi connectivity index (χ0v) is 16.1. The Hall–Kier alpha value is -3.20. The molecular formula is C20H16FN3O4S. The molecule has 1 fully saturated rings. The van der Waals surface area contributed by atoms with E-state index in [0.29, 0.717) is 22.7 Å². The second-order valence-electron chi connectivity index (χ2n) is 6.75. The molecule has 1 atom stereocenters. The Morgan fingerprint density at radius 1 is 1.24 bits per heavy atom. The van der Waals surface area contributed by atoms with Gasteiger partial charge in [0.2, 0.25) is 0 Å². The van der Waals surface area contributed by atoms with Crippen LogP contribution in [0.25, 0.3) is 11.3 Å². The second kappa shape index (κ2) is 7.67. The molecule has 0 saturated heterocycles. The molecule has 7 nitrogen and oxygen atoms in total. The Morgan fingerprint density at radius 2 is 2.03 bits per heavy atom. The molecule has 148 valence electrons. The predicted molar refractivity (Wildman–Crippen MR) is 103 cm³/mol. The van der Waals surface area contributed by atoms with E-state index in [0.717, 1.165) is 23.8 Å².